The van der Waals surface area contributed by atoms with Crippen LogP contribution in [0.15, 0.2) is 79.3 Å². The van der Waals surface area contributed by atoms with Gasteiger partial charge < -0.3 is 14.8 Å². The molecule has 0 amide bonds. The molecule has 1 aromatic carbocycles. The van der Waals surface area contributed by atoms with E-state index in [9.17, 15) is 4.39 Å². The van der Waals surface area contributed by atoms with E-state index in [0.29, 0.717) is 5.11 Å². The SMILES string of the molecule is Cc1cc([C@H]2[C@H](c3ccccn3)NC(=S)N2c2ccc(F)cc2)c(C)n1Cc1ccncc1. The molecule has 166 valence electrons. The third-order valence-electron chi connectivity index (χ3n) is 6.22. The maximum atomic E-state index is 13.7. The van der Waals surface area contributed by atoms with Crippen LogP contribution in [-0.4, -0.2) is 19.6 Å². The number of thiocarbonyl (C=S) groups is 1. The number of aromatic nitrogens is 3. The Labute approximate surface area is 197 Å². The fourth-order valence-corrected chi connectivity index (χ4v) is 4.94. The van der Waals surface area contributed by atoms with Crippen LogP contribution >= 0.6 is 12.2 Å². The van der Waals surface area contributed by atoms with Crippen LogP contribution in [0.1, 0.15) is 40.3 Å². The van der Waals surface area contributed by atoms with Crippen LogP contribution in [0.2, 0.25) is 0 Å². The Balaban J connectivity index is 1.62. The predicted octanol–water partition coefficient (Wildman–Crippen LogP) is 5.26. The number of benzene rings is 1. The van der Waals surface area contributed by atoms with Gasteiger partial charge in [0.1, 0.15) is 5.82 Å². The van der Waals surface area contributed by atoms with Crippen LogP contribution in [0.4, 0.5) is 10.1 Å². The lowest BCUT2D eigenvalue weighted by Gasteiger charge is -2.28. The number of rotatable bonds is 5. The lowest BCUT2D eigenvalue weighted by Crippen LogP contribution is -2.29. The minimum Gasteiger partial charge on any atom is -0.351 e. The summed E-state index contributed by atoms with van der Waals surface area (Å²) in [5.41, 5.74) is 6.43. The van der Waals surface area contributed by atoms with Gasteiger partial charge >= 0.3 is 0 Å². The number of hydrogen-bond acceptors (Lipinski definition) is 3. The van der Waals surface area contributed by atoms with Crippen molar-refractivity contribution in [3.05, 3.63) is 113 Å². The summed E-state index contributed by atoms with van der Waals surface area (Å²) in [4.78, 5) is 10.8. The highest BCUT2D eigenvalue weighted by atomic mass is 32.1. The van der Waals surface area contributed by atoms with E-state index >= 15 is 0 Å². The van der Waals surface area contributed by atoms with E-state index in [-0.39, 0.29) is 17.9 Å². The van der Waals surface area contributed by atoms with E-state index in [1.54, 1.807) is 18.3 Å². The number of hydrogen-bond donors (Lipinski definition) is 1. The van der Waals surface area contributed by atoms with Gasteiger partial charge in [-0.05, 0) is 91.8 Å². The van der Waals surface area contributed by atoms with E-state index in [1.807, 2.05) is 42.7 Å². The van der Waals surface area contributed by atoms with Crippen molar-refractivity contribution in [2.45, 2.75) is 32.5 Å². The van der Waals surface area contributed by atoms with Gasteiger partial charge in [0.05, 0.1) is 17.8 Å². The summed E-state index contributed by atoms with van der Waals surface area (Å²) in [5, 5.41) is 4.07. The van der Waals surface area contributed by atoms with Crippen molar-refractivity contribution in [3.8, 4) is 0 Å². The normalized spacial score (nSPS) is 17.9. The molecule has 3 aromatic heterocycles. The van der Waals surface area contributed by atoms with E-state index in [1.165, 1.54) is 17.7 Å². The van der Waals surface area contributed by atoms with Crippen LogP contribution in [0.3, 0.4) is 0 Å². The van der Waals surface area contributed by atoms with E-state index in [0.717, 1.165) is 34.9 Å². The number of nitrogens with zero attached hydrogens (tertiary/aromatic N) is 4. The number of pyridine rings is 2. The quantitative estimate of drug-likeness (QED) is 0.414. The zero-order valence-electron chi connectivity index (χ0n) is 18.4. The fourth-order valence-electron chi connectivity index (χ4n) is 4.59. The molecule has 1 fully saturated rings. The Morgan fingerprint density at radius 3 is 2.45 bits per heavy atom. The fraction of sp³-hybridized carbons (Fsp3) is 0.192. The molecular formula is C26H24FN5S. The van der Waals surface area contributed by atoms with Gasteiger partial charge in [0.15, 0.2) is 5.11 Å². The van der Waals surface area contributed by atoms with Crippen molar-refractivity contribution in [2.75, 3.05) is 4.90 Å². The Bertz CT molecular complexity index is 1270. The van der Waals surface area contributed by atoms with E-state index < -0.39 is 0 Å². The molecule has 0 radical (unpaired) electrons. The summed E-state index contributed by atoms with van der Waals surface area (Å²) in [6.07, 6.45) is 5.43. The number of nitrogens with one attached hydrogen (secondary N) is 1. The summed E-state index contributed by atoms with van der Waals surface area (Å²) >= 11 is 5.78. The standard InChI is InChI=1S/C26H24FN5S/c1-17-15-22(18(2)31(17)16-19-10-13-28-14-11-19)25-24(23-5-3-4-12-29-23)30-26(33)32(25)21-8-6-20(27)7-9-21/h3-15,24-25H,16H2,1-2H3,(H,30,33)/t24-,25-/m0/s1. The maximum absolute atomic E-state index is 13.7. The molecule has 2 atom stereocenters. The molecule has 5 rings (SSSR count). The minimum atomic E-state index is -0.273. The molecular weight excluding hydrogens is 433 g/mol. The molecule has 33 heavy (non-hydrogen) atoms. The molecule has 0 aliphatic carbocycles. The summed E-state index contributed by atoms with van der Waals surface area (Å²) < 4.78 is 16.0. The molecule has 1 aliphatic rings. The second-order valence-electron chi connectivity index (χ2n) is 8.24. The van der Waals surface area contributed by atoms with Crippen LogP contribution in [0.5, 0.6) is 0 Å². The van der Waals surface area contributed by atoms with Crippen LogP contribution in [0.25, 0.3) is 0 Å². The van der Waals surface area contributed by atoms with Gasteiger partial charge in [-0.3, -0.25) is 9.97 Å². The molecule has 7 heteroatoms. The molecule has 0 spiro atoms. The van der Waals surface area contributed by atoms with Crippen LogP contribution in [-0.2, 0) is 6.54 Å². The van der Waals surface area contributed by atoms with Gasteiger partial charge in [-0.25, -0.2) is 4.39 Å². The highest BCUT2D eigenvalue weighted by molar-refractivity contribution is 7.80. The van der Waals surface area contributed by atoms with Gasteiger partial charge in [-0.15, -0.1) is 0 Å². The third-order valence-corrected chi connectivity index (χ3v) is 6.54. The van der Waals surface area contributed by atoms with Crippen molar-refractivity contribution in [3.63, 3.8) is 0 Å². The second kappa shape index (κ2) is 8.75. The zero-order valence-corrected chi connectivity index (χ0v) is 19.3. The first-order valence-electron chi connectivity index (χ1n) is 10.8. The Hall–Kier alpha value is -3.58. The van der Waals surface area contributed by atoms with Crippen LogP contribution in [0, 0.1) is 19.7 Å². The summed E-state index contributed by atoms with van der Waals surface area (Å²) in [6, 6.07) is 18.4. The Kier molecular flexibility index (Phi) is 5.64. The lowest BCUT2D eigenvalue weighted by atomic mass is 9.96. The van der Waals surface area contributed by atoms with Crippen molar-refractivity contribution in [2.24, 2.45) is 0 Å². The van der Waals surface area contributed by atoms with Gasteiger partial charge in [0.25, 0.3) is 0 Å². The molecule has 5 nitrogen and oxygen atoms in total. The minimum absolute atomic E-state index is 0.129. The number of halogens is 1. The topological polar surface area (TPSA) is 46.0 Å². The first-order valence-corrected chi connectivity index (χ1v) is 11.3. The molecule has 1 N–H and O–H groups in total. The highest BCUT2D eigenvalue weighted by Gasteiger charge is 2.42. The van der Waals surface area contributed by atoms with Gasteiger partial charge in [0, 0.05) is 42.2 Å². The molecule has 1 saturated heterocycles. The molecule has 0 unspecified atom stereocenters. The molecule has 0 saturated carbocycles. The largest absolute Gasteiger partial charge is 0.351 e. The average Bonchev–Trinajstić information content (AvgIpc) is 3.32. The smallest absolute Gasteiger partial charge is 0.174 e. The summed E-state index contributed by atoms with van der Waals surface area (Å²) in [6.45, 7) is 5.02. The monoisotopic (exact) mass is 457 g/mol. The van der Waals surface area contributed by atoms with Crippen molar-refractivity contribution in [1.82, 2.24) is 19.9 Å². The predicted molar refractivity (Wildman–Crippen MR) is 132 cm³/mol. The van der Waals surface area contributed by atoms with Crippen molar-refractivity contribution < 1.29 is 4.39 Å². The zero-order chi connectivity index (χ0) is 22.9. The van der Waals surface area contributed by atoms with Crippen LogP contribution < -0.4 is 10.2 Å². The molecule has 1 aliphatic heterocycles. The average molecular weight is 458 g/mol. The summed E-state index contributed by atoms with van der Waals surface area (Å²) in [7, 11) is 0. The van der Waals surface area contributed by atoms with Gasteiger partial charge in [0.2, 0.25) is 0 Å². The van der Waals surface area contributed by atoms with Crippen molar-refractivity contribution in [1.29, 1.82) is 0 Å². The summed E-state index contributed by atoms with van der Waals surface area (Å²) in [5.74, 6) is -0.273. The second-order valence-corrected chi connectivity index (χ2v) is 8.63. The maximum Gasteiger partial charge on any atom is 0.174 e. The van der Waals surface area contributed by atoms with Crippen molar-refractivity contribution >= 4 is 23.0 Å². The lowest BCUT2D eigenvalue weighted by molar-refractivity contribution is 0.563. The van der Waals surface area contributed by atoms with Gasteiger partial charge in [-0.1, -0.05) is 6.07 Å². The van der Waals surface area contributed by atoms with Gasteiger partial charge in [-0.2, -0.15) is 0 Å². The first kappa shape index (κ1) is 21.3. The van der Waals surface area contributed by atoms with E-state index in [4.69, 9.17) is 12.2 Å². The number of anilines is 1. The Morgan fingerprint density at radius 1 is 1.00 bits per heavy atom. The highest BCUT2D eigenvalue weighted by Crippen LogP contribution is 2.43. The third kappa shape index (κ3) is 4.00. The van der Waals surface area contributed by atoms with E-state index in [2.05, 4.69) is 44.7 Å². The number of aryl methyl sites for hydroxylation is 1. The molecule has 4 aromatic rings. The first-order chi connectivity index (χ1) is 16.0. The molecule has 0 bridgehead atoms. The molecule has 4 heterocycles. The Morgan fingerprint density at radius 2 is 1.76 bits per heavy atom.